The predicted octanol–water partition coefficient (Wildman–Crippen LogP) is -3.33. The second-order valence-electron chi connectivity index (χ2n) is 3.52. The Morgan fingerprint density at radius 2 is 1.94 bits per heavy atom. The van der Waals surface area contributed by atoms with Crippen molar-refractivity contribution in [1.82, 2.24) is 0 Å². The molecule has 1 aliphatic rings. The second kappa shape index (κ2) is 4.62. The minimum atomic E-state index is -2.49. The molecule has 0 aromatic rings. The monoisotopic (exact) mass is 238 g/mol. The summed E-state index contributed by atoms with van der Waals surface area (Å²) < 4.78 is 9.10. The van der Waals surface area contributed by atoms with E-state index in [9.17, 15) is 25.2 Å². The highest BCUT2D eigenvalue weighted by molar-refractivity contribution is 5.66. The first-order valence-corrected chi connectivity index (χ1v) is 4.54. The summed E-state index contributed by atoms with van der Waals surface area (Å²) in [7, 11) is 0. The Morgan fingerprint density at radius 1 is 1.38 bits per heavy atom. The molecule has 8 nitrogen and oxygen atoms in total. The Balaban J connectivity index is 2.85. The number of esters is 1. The fourth-order valence-electron chi connectivity index (χ4n) is 1.34. The average Bonchev–Trinajstić information content (AvgIpc) is 2.22. The van der Waals surface area contributed by atoms with Crippen LogP contribution in [0.5, 0.6) is 0 Å². The molecule has 1 unspecified atom stereocenters. The number of hydrogen-bond acceptors (Lipinski definition) is 8. The molecule has 0 aliphatic carbocycles. The summed E-state index contributed by atoms with van der Waals surface area (Å²) in [4.78, 5) is 10.6. The maximum Gasteiger partial charge on any atom is 0.305 e. The van der Waals surface area contributed by atoms with Gasteiger partial charge in [-0.15, -0.1) is 0 Å². The van der Waals surface area contributed by atoms with Gasteiger partial charge in [0.1, 0.15) is 18.3 Å². The van der Waals surface area contributed by atoms with Crippen molar-refractivity contribution in [3.05, 3.63) is 0 Å². The number of carbonyl (C=O) groups excluding carboxylic acids is 1. The third-order valence-corrected chi connectivity index (χ3v) is 2.24. The standard InChI is InChI=1S/C8H14O8/c1-3(10)15-7-5(12)4(11)6(13)8(14,2-9)16-7/h4-7,9,11-14H,2H2,1H3/t4-,5+,6+,7?,8+/m1/s1. The first-order valence-electron chi connectivity index (χ1n) is 4.54. The van der Waals surface area contributed by atoms with Gasteiger partial charge in [0.2, 0.25) is 12.1 Å². The molecule has 0 bridgehead atoms. The zero-order valence-electron chi connectivity index (χ0n) is 8.48. The molecule has 1 rings (SSSR count). The zero-order chi connectivity index (χ0) is 12.5. The number of hydrogen-bond donors (Lipinski definition) is 5. The van der Waals surface area contributed by atoms with Gasteiger partial charge in [0.15, 0.2) is 0 Å². The molecular weight excluding hydrogens is 224 g/mol. The van der Waals surface area contributed by atoms with E-state index in [-0.39, 0.29) is 0 Å². The van der Waals surface area contributed by atoms with Crippen molar-refractivity contribution >= 4 is 5.97 Å². The van der Waals surface area contributed by atoms with Crippen LogP contribution in [0.2, 0.25) is 0 Å². The molecule has 0 radical (unpaired) electrons. The van der Waals surface area contributed by atoms with Crippen molar-refractivity contribution < 1.29 is 39.8 Å². The van der Waals surface area contributed by atoms with Crippen LogP contribution in [0.3, 0.4) is 0 Å². The summed E-state index contributed by atoms with van der Waals surface area (Å²) in [6, 6.07) is 0. The summed E-state index contributed by atoms with van der Waals surface area (Å²) >= 11 is 0. The van der Waals surface area contributed by atoms with E-state index >= 15 is 0 Å². The van der Waals surface area contributed by atoms with Gasteiger partial charge in [-0.1, -0.05) is 0 Å². The summed E-state index contributed by atoms with van der Waals surface area (Å²) in [5.41, 5.74) is 0. The number of aliphatic hydroxyl groups excluding tert-OH is 4. The van der Waals surface area contributed by atoms with Gasteiger partial charge in [-0.3, -0.25) is 4.79 Å². The normalized spacial score (nSPS) is 44.1. The lowest BCUT2D eigenvalue weighted by atomic mass is 9.96. The quantitative estimate of drug-likeness (QED) is 0.315. The lowest BCUT2D eigenvalue weighted by molar-refractivity contribution is -0.390. The summed E-state index contributed by atoms with van der Waals surface area (Å²) in [6.45, 7) is 0.00120. The van der Waals surface area contributed by atoms with Crippen LogP contribution >= 0.6 is 0 Å². The van der Waals surface area contributed by atoms with E-state index in [0.717, 1.165) is 6.92 Å². The van der Waals surface area contributed by atoms with Crippen LogP contribution in [0.15, 0.2) is 0 Å². The molecule has 0 aromatic carbocycles. The highest BCUT2D eigenvalue weighted by Crippen LogP contribution is 2.28. The predicted molar refractivity (Wildman–Crippen MR) is 46.7 cm³/mol. The molecule has 16 heavy (non-hydrogen) atoms. The van der Waals surface area contributed by atoms with E-state index in [1.807, 2.05) is 0 Å². The third kappa shape index (κ3) is 2.32. The van der Waals surface area contributed by atoms with Crippen LogP contribution in [-0.4, -0.2) is 68.5 Å². The maximum atomic E-state index is 10.6. The van der Waals surface area contributed by atoms with Crippen LogP contribution < -0.4 is 0 Å². The highest BCUT2D eigenvalue weighted by Gasteiger charge is 2.53. The molecule has 8 heteroatoms. The third-order valence-electron chi connectivity index (χ3n) is 2.24. The number of aliphatic hydroxyl groups is 5. The fraction of sp³-hybridized carbons (Fsp3) is 0.875. The minimum absolute atomic E-state index is 0.812. The molecule has 0 amide bonds. The minimum Gasteiger partial charge on any atom is -0.433 e. The van der Waals surface area contributed by atoms with Gasteiger partial charge in [0.25, 0.3) is 0 Å². The zero-order valence-corrected chi connectivity index (χ0v) is 8.48. The molecule has 1 heterocycles. The van der Waals surface area contributed by atoms with Crippen molar-refractivity contribution in [1.29, 1.82) is 0 Å². The fourth-order valence-corrected chi connectivity index (χ4v) is 1.34. The van der Waals surface area contributed by atoms with E-state index in [2.05, 4.69) is 9.47 Å². The van der Waals surface area contributed by atoms with Crippen LogP contribution in [0.4, 0.5) is 0 Å². The van der Waals surface area contributed by atoms with E-state index in [1.165, 1.54) is 0 Å². The van der Waals surface area contributed by atoms with Gasteiger partial charge in [0.05, 0.1) is 6.61 Å². The van der Waals surface area contributed by atoms with Crippen molar-refractivity contribution in [2.24, 2.45) is 0 Å². The topological polar surface area (TPSA) is 137 Å². The van der Waals surface area contributed by atoms with E-state index in [4.69, 9.17) is 5.11 Å². The SMILES string of the molecule is CC(=O)OC1O[C@@](O)(CO)[C@@H](O)[C@H](O)[C@@H]1O. The molecule has 0 spiro atoms. The van der Waals surface area contributed by atoms with Crippen molar-refractivity contribution in [3.8, 4) is 0 Å². The van der Waals surface area contributed by atoms with Gasteiger partial charge in [-0.2, -0.15) is 0 Å². The van der Waals surface area contributed by atoms with Gasteiger partial charge in [-0.25, -0.2) is 0 Å². The van der Waals surface area contributed by atoms with Crippen LogP contribution in [0.1, 0.15) is 6.92 Å². The number of rotatable bonds is 2. The van der Waals surface area contributed by atoms with E-state index in [0.29, 0.717) is 0 Å². The number of carbonyl (C=O) groups is 1. The largest absolute Gasteiger partial charge is 0.433 e. The Morgan fingerprint density at radius 3 is 2.38 bits per heavy atom. The summed E-state index contributed by atoms with van der Waals surface area (Å²) in [5, 5.41) is 46.4. The van der Waals surface area contributed by atoms with Gasteiger partial charge in [0, 0.05) is 6.92 Å². The van der Waals surface area contributed by atoms with Crippen molar-refractivity contribution in [2.45, 2.75) is 37.3 Å². The molecule has 94 valence electrons. The van der Waals surface area contributed by atoms with Crippen LogP contribution in [0.25, 0.3) is 0 Å². The molecule has 1 aliphatic heterocycles. The first kappa shape index (κ1) is 13.3. The van der Waals surface area contributed by atoms with Crippen LogP contribution in [0, 0.1) is 0 Å². The highest BCUT2D eigenvalue weighted by atomic mass is 16.8. The van der Waals surface area contributed by atoms with Crippen molar-refractivity contribution in [2.75, 3.05) is 6.61 Å². The Bertz CT molecular complexity index is 269. The number of ether oxygens (including phenoxy) is 2. The van der Waals surface area contributed by atoms with Crippen LogP contribution in [-0.2, 0) is 14.3 Å². The molecule has 1 fully saturated rings. The van der Waals surface area contributed by atoms with E-state index in [1.54, 1.807) is 0 Å². The van der Waals surface area contributed by atoms with E-state index < -0.39 is 43.0 Å². The van der Waals surface area contributed by atoms with Crippen molar-refractivity contribution in [3.63, 3.8) is 0 Å². The lowest BCUT2D eigenvalue weighted by Crippen LogP contribution is -2.66. The van der Waals surface area contributed by atoms with Gasteiger partial charge >= 0.3 is 5.97 Å². The molecule has 1 saturated heterocycles. The first-order chi connectivity index (χ1) is 7.31. The maximum absolute atomic E-state index is 10.6. The second-order valence-corrected chi connectivity index (χ2v) is 3.52. The molecule has 0 aromatic heterocycles. The summed E-state index contributed by atoms with van der Waals surface area (Å²) in [5.74, 6) is -3.30. The summed E-state index contributed by atoms with van der Waals surface area (Å²) in [6.07, 6.45) is -7.10. The van der Waals surface area contributed by atoms with Gasteiger partial charge in [-0.05, 0) is 0 Å². The molecular formula is C8H14O8. The Hall–Kier alpha value is -0.770. The smallest absolute Gasteiger partial charge is 0.305 e. The molecule has 0 saturated carbocycles. The molecule has 5 atom stereocenters. The average molecular weight is 238 g/mol. The Kier molecular flexibility index (Phi) is 3.84. The molecule has 5 N–H and O–H groups in total. The van der Waals surface area contributed by atoms with Gasteiger partial charge < -0.3 is 35.0 Å². The lowest BCUT2D eigenvalue weighted by Gasteiger charge is -2.43. The Labute approximate surface area is 90.6 Å².